The first kappa shape index (κ1) is 90.1. The van der Waals surface area contributed by atoms with Gasteiger partial charge in [-0.1, -0.05) is 336 Å². The van der Waals surface area contributed by atoms with Gasteiger partial charge in [-0.2, -0.15) is 0 Å². The van der Waals surface area contributed by atoms with E-state index in [2.05, 4.69) is 27.7 Å². The molecule has 546 valence electrons. The van der Waals surface area contributed by atoms with Crippen LogP contribution in [0.2, 0.25) is 0 Å². The predicted molar refractivity (Wildman–Crippen MR) is 372 cm³/mol. The molecule has 0 aliphatic carbocycles. The van der Waals surface area contributed by atoms with E-state index >= 15 is 0 Å². The van der Waals surface area contributed by atoms with Crippen LogP contribution in [-0.2, 0) is 65.4 Å². The Bertz CT molecular complexity index is 1760. The summed E-state index contributed by atoms with van der Waals surface area (Å²) < 4.78 is 68.4. The van der Waals surface area contributed by atoms with E-state index in [9.17, 15) is 43.2 Å². The Morgan fingerprint density at radius 2 is 0.435 bits per heavy atom. The maximum atomic E-state index is 13.1. The summed E-state index contributed by atoms with van der Waals surface area (Å²) in [7, 11) is -9.90. The smallest absolute Gasteiger partial charge is 0.462 e. The summed E-state index contributed by atoms with van der Waals surface area (Å²) in [6.07, 6.45) is 56.7. The molecule has 0 aromatic carbocycles. The molecule has 0 aliphatic rings. The second-order valence-corrected chi connectivity index (χ2v) is 29.2. The number of ether oxygens (including phenoxy) is 4. The number of phosphoric ester groups is 2. The molecule has 92 heavy (non-hydrogen) atoms. The van der Waals surface area contributed by atoms with Crippen molar-refractivity contribution in [2.24, 2.45) is 0 Å². The number of aliphatic hydroxyl groups excluding tert-OH is 1. The lowest BCUT2D eigenvalue weighted by Crippen LogP contribution is -2.30. The summed E-state index contributed by atoms with van der Waals surface area (Å²) in [6.45, 7) is 4.96. The number of esters is 4. The first-order valence-corrected chi connectivity index (χ1v) is 41.3. The average Bonchev–Trinajstić information content (AvgIpc) is 2.15. The standard InChI is InChI=1S/C73H142O17P2/c1-5-9-13-17-21-25-29-32-33-34-35-36-37-40-44-48-52-56-60-73(78)90-69(64-84-71(76)58-54-50-46-42-38-30-26-22-18-14-10-6-2)66-88-92(81,82)86-62-67(74)61-85-91(79,80)87-65-68(63-83-70(75)57-53-49-45-41-28-24-20-16-12-8-4)89-72(77)59-55-51-47-43-39-31-27-23-19-15-11-7-3/h67-69,74H,5-66H2,1-4H3,(H,79,80)(H,81,82)/t67-,68+,69+/m0/s1. The number of carbonyl (C=O) groups excluding carboxylic acids is 4. The highest BCUT2D eigenvalue weighted by molar-refractivity contribution is 7.47. The van der Waals surface area contributed by atoms with Crippen molar-refractivity contribution < 1.29 is 80.2 Å². The van der Waals surface area contributed by atoms with Gasteiger partial charge in [-0.15, -0.1) is 0 Å². The highest BCUT2D eigenvalue weighted by Crippen LogP contribution is 2.45. The quantitative estimate of drug-likeness (QED) is 0.0222. The van der Waals surface area contributed by atoms with Crippen LogP contribution < -0.4 is 0 Å². The fourth-order valence-corrected chi connectivity index (χ4v) is 12.8. The van der Waals surface area contributed by atoms with Crippen molar-refractivity contribution >= 4 is 39.5 Å². The van der Waals surface area contributed by atoms with Crippen molar-refractivity contribution in [1.82, 2.24) is 0 Å². The summed E-state index contributed by atoms with van der Waals surface area (Å²) in [5.74, 6) is -2.11. The van der Waals surface area contributed by atoms with E-state index in [0.29, 0.717) is 25.7 Å². The first-order chi connectivity index (χ1) is 44.7. The van der Waals surface area contributed by atoms with Gasteiger partial charge in [0.1, 0.15) is 19.3 Å². The van der Waals surface area contributed by atoms with Gasteiger partial charge >= 0.3 is 39.5 Å². The third kappa shape index (κ3) is 66.7. The molecule has 0 fully saturated rings. The van der Waals surface area contributed by atoms with Crippen molar-refractivity contribution in [3.8, 4) is 0 Å². The Balaban J connectivity index is 5.22. The number of hydrogen-bond donors (Lipinski definition) is 3. The molecule has 2 unspecified atom stereocenters. The van der Waals surface area contributed by atoms with E-state index in [-0.39, 0.29) is 25.7 Å². The van der Waals surface area contributed by atoms with E-state index in [1.807, 2.05) is 0 Å². The second kappa shape index (κ2) is 67.6. The topological polar surface area (TPSA) is 237 Å². The van der Waals surface area contributed by atoms with Crippen molar-refractivity contribution in [3.05, 3.63) is 0 Å². The molecule has 0 saturated carbocycles. The van der Waals surface area contributed by atoms with Crippen LogP contribution in [0.25, 0.3) is 0 Å². The second-order valence-electron chi connectivity index (χ2n) is 26.3. The fourth-order valence-electron chi connectivity index (χ4n) is 11.2. The molecular weight excluding hydrogens is 1210 g/mol. The lowest BCUT2D eigenvalue weighted by molar-refractivity contribution is -0.161. The summed E-state index contributed by atoms with van der Waals surface area (Å²) >= 11 is 0. The number of hydrogen-bond acceptors (Lipinski definition) is 15. The summed E-state index contributed by atoms with van der Waals surface area (Å²) in [5.41, 5.74) is 0. The van der Waals surface area contributed by atoms with Crippen molar-refractivity contribution in [3.63, 3.8) is 0 Å². The van der Waals surface area contributed by atoms with Gasteiger partial charge in [0.05, 0.1) is 26.4 Å². The summed E-state index contributed by atoms with van der Waals surface area (Å²) in [5, 5.41) is 10.6. The lowest BCUT2D eigenvalue weighted by atomic mass is 10.0. The fraction of sp³-hybridized carbons (Fsp3) is 0.945. The first-order valence-electron chi connectivity index (χ1n) is 38.3. The molecule has 0 bridgehead atoms. The number of phosphoric acid groups is 2. The summed E-state index contributed by atoms with van der Waals surface area (Å²) in [4.78, 5) is 72.6. The maximum absolute atomic E-state index is 13.1. The Hall–Kier alpha value is -1.94. The van der Waals surface area contributed by atoms with Gasteiger partial charge in [-0.3, -0.25) is 37.3 Å². The zero-order chi connectivity index (χ0) is 67.5. The molecule has 0 heterocycles. The molecule has 5 atom stereocenters. The molecule has 0 rings (SSSR count). The SMILES string of the molecule is CCCCCCCCCCCCCCCCCCCCC(=O)O[C@H](COC(=O)CCCCCCCCCCCCCC)COP(=O)(O)OC[C@@H](O)COP(=O)(O)OC[C@@H](COC(=O)CCCCCCCCCCCC)OC(=O)CCCCCCCCCCCCCC. The zero-order valence-electron chi connectivity index (χ0n) is 59.5. The van der Waals surface area contributed by atoms with Crippen LogP contribution in [0.3, 0.4) is 0 Å². The third-order valence-electron chi connectivity index (χ3n) is 17.1. The van der Waals surface area contributed by atoms with Gasteiger partial charge in [0.15, 0.2) is 12.2 Å². The van der Waals surface area contributed by atoms with Crippen molar-refractivity contribution in [2.45, 2.75) is 406 Å². The van der Waals surface area contributed by atoms with Crippen molar-refractivity contribution in [2.75, 3.05) is 39.6 Å². The van der Waals surface area contributed by atoms with Crippen LogP contribution in [-0.4, -0.2) is 96.7 Å². The summed E-state index contributed by atoms with van der Waals surface area (Å²) in [6, 6.07) is 0. The molecule has 19 heteroatoms. The maximum Gasteiger partial charge on any atom is 0.472 e. The van der Waals surface area contributed by atoms with Crippen LogP contribution in [0.4, 0.5) is 0 Å². The Morgan fingerprint density at radius 1 is 0.261 bits per heavy atom. The zero-order valence-corrected chi connectivity index (χ0v) is 61.3. The highest BCUT2D eigenvalue weighted by atomic mass is 31.2. The van der Waals surface area contributed by atoms with Crippen LogP contribution in [0.15, 0.2) is 0 Å². The van der Waals surface area contributed by atoms with Gasteiger partial charge in [-0.25, -0.2) is 9.13 Å². The van der Waals surface area contributed by atoms with Gasteiger partial charge in [0.2, 0.25) is 0 Å². The Morgan fingerprint density at radius 3 is 0.641 bits per heavy atom. The normalized spacial score (nSPS) is 13.9. The molecule has 0 amide bonds. The van der Waals surface area contributed by atoms with E-state index in [0.717, 1.165) is 89.9 Å². The van der Waals surface area contributed by atoms with E-state index in [1.165, 1.54) is 218 Å². The molecule has 3 N–H and O–H groups in total. The predicted octanol–water partition coefficient (Wildman–Crippen LogP) is 21.4. The van der Waals surface area contributed by atoms with Gasteiger partial charge in [-0.05, 0) is 25.7 Å². The lowest BCUT2D eigenvalue weighted by Gasteiger charge is -2.21. The van der Waals surface area contributed by atoms with Gasteiger partial charge < -0.3 is 33.8 Å². The minimum absolute atomic E-state index is 0.108. The minimum Gasteiger partial charge on any atom is -0.462 e. The van der Waals surface area contributed by atoms with Crippen LogP contribution in [0, 0.1) is 0 Å². The molecule has 0 saturated heterocycles. The number of rotatable bonds is 74. The number of unbranched alkanes of at least 4 members (excludes halogenated alkanes) is 48. The monoisotopic (exact) mass is 1350 g/mol. The molecule has 17 nitrogen and oxygen atoms in total. The Labute approximate surface area is 562 Å². The van der Waals surface area contributed by atoms with Crippen molar-refractivity contribution in [1.29, 1.82) is 0 Å². The van der Waals surface area contributed by atoms with E-state index < -0.39 is 97.5 Å². The van der Waals surface area contributed by atoms with Gasteiger partial charge in [0.25, 0.3) is 0 Å². The van der Waals surface area contributed by atoms with Crippen LogP contribution in [0.5, 0.6) is 0 Å². The molecule has 0 radical (unpaired) electrons. The number of carbonyl (C=O) groups is 4. The minimum atomic E-state index is -4.95. The van der Waals surface area contributed by atoms with Crippen LogP contribution in [0.1, 0.15) is 387 Å². The molecule has 0 aromatic heterocycles. The molecule has 0 spiro atoms. The largest absolute Gasteiger partial charge is 0.472 e. The van der Waals surface area contributed by atoms with E-state index in [1.54, 1.807) is 0 Å². The molecule has 0 aromatic rings. The van der Waals surface area contributed by atoms with E-state index in [4.69, 9.17) is 37.0 Å². The molecular formula is C73H142O17P2. The Kier molecular flexibility index (Phi) is 66.2. The number of aliphatic hydroxyl groups is 1. The van der Waals surface area contributed by atoms with Gasteiger partial charge in [0, 0.05) is 25.7 Å². The van der Waals surface area contributed by atoms with Crippen LogP contribution >= 0.6 is 15.6 Å². The molecule has 0 aliphatic heterocycles. The third-order valence-corrected chi connectivity index (χ3v) is 19.0. The average molecular weight is 1350 g/mol. The highest BCUT2D eigenvalue weighted by Gasteiger charge is 2.30.